The van der Waals surface area contributed by atoms with Crippen molar-refractivity contribution in [3.05, 3.63) is 59.7 Å². The third-order valence-corrected chi connectivity index (χ3v) is 5.25. The molecule has 0 aromatic heterocycles. The first-order valence-corrected chi connectivity index (χ1v) is 9.39. The van der Waals surface area contributed by atoms with Crippen LogP contribution in [0.4, 0.5) is 5.69 Å². The number of carbonyl (C=O) groups is 2. The van der Waals surface area contributed by atoms with E-state index in [0.29, 0.717) is 18.7 Å². The lowest BCUT2D eigenvalue weighted by Crippen LogP contribution is -2.40. The van der Waals surface area contributed by atoms with Crippen molar-refractivity contribution in [2.45, 2.75) is 31.8 Å². The molecule has 1 fully saturated rings. The molecule has 2 amide bonds. The molecule has 0 spiro atoms. The summed E-state index contributed by atoms with van der Waals surface area (Å²) in [6, 6.07) is 13.8. The molecule has 0 saturated carbocycles. The van der Waals surface area contributed by atoms with Crippen molar-refractivity contribution in [2.24, 2.45) is 10.3 Å². The molecule has 4 rings (SSSR count). The number of aryl methyl sites for hydroxylation is 1. The van der Waals surface area contributed by atoms with E-state index in [1.54, 1.807) is 12.1 Å². The highest BCUT2D eigenvalue weighted by atomic mass is 16.5. The van der Waals surface area contributed by atoms with Gasteiger partial charge in [0.15, 0.2) is 12.1 Å². The first-order valence-electron chi connectivity index (χ1n) is 9.39. The van der Waals surface area contributed by atoms with E-state index < -0.39 is 12.1 Å². The van der Waals surface area contributed by atoms with Crippen molar-refractivity contribution in [3.63, 3.8) is 0 Å². The summed E-state index contributed by atoms with van der Waals surface area (Å²) in [6.07, 6.45) is 1.60. The Hall–Kier alpha value is -3.22. The Balaban J connectivity index is 1.47. The van der Waals surface area contributed by atoms with Gasteiger partial charge in [-0.05, 0) is 48.2 Å². The van der Waals surface area contributed by atoms with Gasteiger partial charge in [0, 0.05) is 6.54 Å². The number of imide groups is 1. The Morgan fingerprint density at radius 1 is 0.964 bits per heavy atom. The highest BCUT2D eigenvalue weighted by Gasteiger charge is 2.54. The predicted octanol–water partition coefficient (Wildman–Crippen LogP) is 2.79. The molecule has 0 unspecified atom stereocenters. The summed E-state index contributed by atoms with van der Waals surface area (Å²) in [6.45, 7) is 2.57. The molecular weight excluding hydrogens is 356 g/mol. The van der Waals surface area contributed by atoms with Gasteiger partial charge in [0.2, 0.25) is 0 Å². The average Bonchev–Trinajstić information content (AvgIpc) is 3.26. The van der Waals surface area contributed by atoms with Crippen LogP contribution in [0.15, 0.2) is 58.9 Å². The molecular formula is C21H22N4O3. The van der Waals surface area contributed by atoms with E-state index >= 15 is 0 Å². The molecule has 2 aromatic rings. The number of hydrogen-bond donors (Lipinski definition) is 0. The van der Waals surface area contributed by atoms with E-state index in [1.807, 2.05) is 48.5 Å². The van der Waals surface area contributed by atoms with Crippen molar-refractivity contribution < 1.29 is 14.3 Å². The number of carbonyl (C=O) groups excluding carboxylic acids is 2. The minimum absolute atomic E-state index is 0.265. The molecule has 0 radical (unpaired) electrons. The summed E-state index contributed by atoms with van der Waals surface area (Å²) in [5, 5.41) is 9.80. The van der Waals surface area contributed by atoms with Crippen molar-refractivity contribution >= 4 is 17.5 Å². The lowest BCUT2D eigenvalue weighted by molar-refractivity contribution is -0.123. The van der Waals surface area contributed by atoms with Crippen LogP contribution in [-0.2, 0) is 22.4 Å². The highest BCUT2D eigenvalue weighted by molar-refractivity contribution is 6.25. The zero-order valence-corrected chi connectivity index (χ0v) is 15.9. The fraction of sp³-hybridized carbons (Fsp3) is 0.333. The summed E-state index contributed by atoms with van der Waals surface area (Å²) < 4.78 is 5.17. The van der Waals surface area contributed by atoms with E-state index in [2.05, 4.69) is 17.3 Å². The van der Waals surface area contributed by atoms with Gasteiger partial charge in [0.1, 0.15) is 5.75 Å². The van der Waals surface area contributed by atoms with Crippen LogP contribution in [0, 0.1) is 0 Å². The Labute approximate surface area is 163 Å². The molecule has 0 bridgehead atoms. The maximum Gasteiger partial charge on any atom is 0.263 e. The van der Waals surface area contributed by atoms with Crippen LogP contribution in [0.5, 0.6) is 5.75 Å². The Morgan fingerprint density at radius 2 is 1.64 bits per heavy atom. The molecule has 1 saturated heterocycles. The molecule has 144 valence electrons. The third kappa shape index (κ3) is 3.13. The average molecular weight is 378 g/mol. The quantitative estimate of drug-likeness (QED) is 0.725. The largest absolute Gasteiger partial charge is 0.497 e. The van der Waals surface area contributed by atoms with Gasteiger partial charge in [-0.3, -0.25) is 14.6 Å². The zero-order valence-electron chi connectivity index (χ0n) is 15.9. The summed E-state index contributed by atoms with van der Waals surface area (Å²) in [5.74, 6) is 0.222. The summed E-state index contributed by atoms with van der Waals surface area (Å²) in [4.78, 5) is 27.0. The number of ether oxygens (including phenoxy) is 1. The van der Waals surface area contributed by atoms with Crippen molar-refractivity contribution in [1.29, 1.82) is 0 Å². The fourth-order valence-electron chi connectivity index (χ4n) is 3.58. The molecule has 2 heterocycles. The van der Waals surface area contributed by atoms with Gasteiger partial charge in [-0.15, -0.1) is 0 Å². The standard InChI is InChI=1S/C21H22N4O3/c1-3-14-4-8-16(9-5-14)25-20(26)18-19(21(25)27)24(23-22-18)13-12-15-6-10-17(28-2)11-7-15/h4-11,18-19H,3,12-13H2,1-2H3/t18-,19+/m0/s1. The first kappa shape index (κ1) is 18.2. The Kier molecular flexibility index (Phi) is 4.81. The third-order valence-electron chi connectivity index (χ3n) is 5.25. The number of benzene rings is 2. The lowest BCUT2D eigenvalue weighted by Gasteiger charge is -2.20. The summed E-state index contributed by atoms with van der Waals surface area (Å²) in [5.41, 5.74) is 2.85. The number of fused-ring (bicyclic) bond motifs is 1. The second-order valence-corrected chi connectivity index (χ2v) is 6.89. The number of rotatable bonds is 6. The Morgan fingerprint density at radius 3 is 2.29 bits per heavy atom. The van der Waals surface area contributed by atoms with Crippen LogP contribution in [0.3, 0.4) is 0 Å². The fourth-order valence-corrected chi connectivity index (χ4v) is 3.58. The molecule has 0 aliphatic carbocycles. The number of anilines is 1. The molecule has 2 atom stereocenters. The van der Waals surface area contributed by atoms with Gasteiger partial charge < -0.3 is 4.74 Å². The normalized spacial score (nSPS) is 20.8. The van der Waals surface area contributed by atoms with E-state index in [1.165, 1.54) is 4.90 Å². The molecule has 0 N–H and O–H groups in total. The monoisotopic (exact) mass is 378 g/mol. The molecule has 7 nitrogen and oxygen atoms in total. The van der Waals surface area contributed by atoms with Gasteiger partial charge >= 0.3 is 0 Å². The smallest absolute Gasteiger partial charge is 0.263 e. The van der Waals surface area contributed by atoms with E-state index in [0.717, 1.165) is 23.3 Å². The number of amides is 2. The summed E-state index contributed by atoms with van der Waals surface area (Å²) >= 11 is 0. The number of nitrogens with zero attached hydrogens (tertiary/aromatic N) is 4. The van der Waals surface area contributed by atoms with E-state index in [9.17, 15) is 9.59 Å². The molecule has 28 heavy (non-hydrogen) atoms. The number of hydrogen-bond acceptors (Lipinski definition) is 6. The first-order chi connectivity index (χ1) is 13.6. The van der Waals surface area contributed by atoms with E-state index in [-0.39, 0.29) is 11.8 Å². The van der Waals surface area contributed by atoms with Crippen LogP contribution in [0.25, 0.3) is 0 Å². The van der Waals surface area contributed by atoms with Gasteiger partial charge in [-0.1, -0.05) is 36.4 Å². The maximum atomic E-state index is 13.0. The second-order valence-electron chi connectivity index (χ2n) is 6.89. The minimum Gasteiger partial charge on any atom is -0.497 e. The second kappa shape index (κ2) is 7.42. The summed E-state index contributed by atoms with van der Waals surface area (Å²) in [7, 11) is 1.63. The molecule has 7 heteroatoms. The number of methoxy groups -OCH3 is 1. The molecule has 2 aliphatic rings. The lowest BCUT2D eigenvalue weighted by atomic mass is 10.1. The van der Waals surface area contributed by atoms with Crippen molar-refractivity contribution in [1.82, 2.24) is 5.01 Å². The van der Waals surface area contributed by atoms with Crippen LogP contribution in [0.1, 0.15) is 18.1 Å². The molecule has 2 aliphatic heterocycles. The van der Waals surface area contributed by atoms with Crippen LogP contribution < -0.4 is 9.64 Å². The van der Waals surface area contributed by atoms with Gasteiger partial charge in [-0.2, -0.15) is 5.11 Å². The maximum absolute atomic E-state index is 13.0. The SMILES string of the molecule is CCc1ccc(N2C(=O)[C@H]3N=NN(CCc4ccc(OC)cc4)[C@H]3C2=O)cc1. The van der Waals surface area contributed by atoms with Gasteiger partial charge in [-0.25, -0.2) is 4.90 Å². The van der Waals surface area contributed by atoms with E-state index in [4.69, 9.17) is 4.74 Å². The predicted molar refractivity (Wildman–Crippen MR) is 104 cm³/mol. The van der Waals surface area contributed by atoms with Gasteiger partial charge in [0.05, 0.1) is 12.8 Å². The molecule has 2 aromatic carbocycles. The van der Waals surface area contributed by atoms with Crippen LogP contribution >= 0.6 is 0 Å². The topological polar surface area (TPSA) is 74.6 Å². The van der Waals surface area contributed by atoms with Crippen LogP contribution in [0.2, 0.25) is 0 Å². The van der Waals surface area contributed by atoms with Crippen molar-refractivity contribution in [2.75, 3.05) is 18.6 Å². The van der Waals surface area contributed by atoms with Gasteiger partial charge in [0.25, 0.3) is 11.8 Å². The minimum atomic E-state index is -0.755. The zero-order chi connectivity index (χ0) is 19.7. The Bertz CT molecular complexity index is 908. The highest BCUT2D eigenvalue weighted by Crippen LogP contribution is 2.32. The van der Waals surface area contributed by atoms with Crippen LogP contribution in [-0.4, -0.2) is 42.6 Å². The van der Waals surface area contributed by atoms with Crippen molar-refractivity contribution in [3.8, 4) is 5.75 Å².